The Balaban J connectivity index is 3.27. The molecular formula is C10H25BN2O3. The molecule has 0 aromatic carbocycles. The van der Waals surface area contributed by atoms with Crippen molar-refractivity contribution < 1.29 is 15.2 Å². The predicted molar refractivity (Wildman–Crippen MR) is 66.0 cm³/mol. The van der Waals surface area contributed by atoms with Crippen LogP contribution in [0.4, 0.5) is 0 Å². The van der Waals surface area contributed by atoms with Crippen molar-refractivity contribution in [3.05, 3.63) is 0 Å². The fourth-order valence-corrected chi connectivity index (χ4v) is 1.46. The van der Waals surface area contributed by atoms with Crippen molar-refractivity contribution in [2.45, 2.75) is 51.0 Å². The SMILES string of the molecule is C[C@H](CO)NCCC(N)CCCCB(O)O. The molecule has 0 amide bonds. The standard InChI is InChI=1S/C10H25BN2O3/c1-9(8-14)13-7-5-10(12)4-2-3-6-11(15)16/h9-10,13-16H,2-8,12H2,1H3/t9-,10?/m1/s1. The molecule has 0 aliphatic heterocycles. The molecule has 2 atom stereocenters. The summed E-state index contributed by atoms with van der Waals surface area (Å²) in [6.45, 7) is 2.88. The Kier molecular flexibility index (Phi) is 9.96. The lowest BCUT2D eigenvalue weighted by Gasteiger charge is -2.14. The summed E-state index contributed by atoms with van der Waals surface area (Å²) in [5.41, 5.74) is 5.89. The minimum atomic E-state index is -1.19. The van der Waals surface area contributed by atoms with E-state index in [9.17, 15) is 0 Å². The maximum atomic E-state index is 8.78. The maximum absolute atomic E-state index is 8.78. The van der Waals surface area contributed by atoms with Crippen LogP contribution in [0.3, 0.4) is 0 Å². The summed E-state index contributed by atoms with van der Waals surface area (Å²) in [5.74, 6) is 0. The summed E-state index contributed by atoms with van der Waals surface area (Å²) in [5, 5.41) is 29.2. The van der Waals surface area contributed by atoms with Gasteiger partial charge in [0.15, 0.2) is 0 Å². The average Bonchev–Trinajstić information content (AvgIpc) is 2.24. The van der Waals surface area contributed by atoms with Gasteiger partial charge in [0, 0.05) is 12.1 Å². The molecule has 0 saturated heterocycles. The molecule has 5 nitrogen and oxygen atoms in total. The number of hydrogen-bond donors (Lipinski definition) is 5. The lowest BCUT2D eigenvalue weighted by Crippen LogP contribution is -2.33. The lowest BCUT2D eigenvalue weighted by molar-refractivity contribution is 0.250. The zero-order valence-electron chi connectivity index (χ0n) is 10.1. The molecule has 0 bridgehead atoms. The Morgan fingerprint density at radius 3 is 2.50 bits per heavy atom. The van der Waals surface area contributed by atoms with Crippen LogP contribution in [0.2, 0.25) is 6.32 Å². The Bertz CT molecular complexity index is 161. The Morgan fingerprint density at radius 1 is 1.25 bits per heavy atom. The third-order valence-electron chi connectivity index (χ3n) is 2.57. The molecule has 0 radical (unpaired) electrons. The first-order chi connectivity index (χ1) is 7.56. The van der Waals surface area contributed by atoms with Crippen LogP contribution >= 0.6 is 0 Å². The number of hydrogen-bond acceptors (Lipinski definition) is 5. The predicted octanol–water partition coefficient (Wildman–Crippen LogP) is -0.683. The van der Waals surface area contributed by atoms with Crippen LogP contribution in [0, 0.1) is 0 Å². The highest BCUT2D eigenvalue weighted by molar-refractivity contribution is 6.40. The molecule has 0 spiro atoms. The van der Waals surface area contributed by atoms with Gasteiger partial charge >= 0.3 is 7.12 Å². The van der Waals surface area contributed by atoms with Gasteiger partial charge in [0.05, 0.1) is 6.61 Å². The molecule has 0 saturated carbocycles. The van der Waals surface area contributed by atoms with Gasteiger partial charge in [0.2, 0.25) is 0 Å². The monoisotopic (exact) mass is 232 g/mol. The van der Waals surface area contributed by atoms with Gasteiger partial charge in [-0.05, 0) is 32.6 Å². The molecule has 96 valence electrons. The fourth-order valence-electron chi connectivity index (χ4n) is 1.46. The molecule has 0 rings (SSSR count). The molecule has 0 fully saturated rings. The zero-order chi connectivity index (χ0) is 12.4. The summed E-state index contributed by atoms with van der Waals surface area (Å²) in [6, 6.07) is 0.269. The van der Waals surface area contributed by atoms with E-state index < -0.39 is 7.12 Å². The second-order valence-corrected chi connectivity index (χ2v) is 4.35. The normalized spacial score (nSPS) is 14.8. The lowest BCUT2D eigenvalue weighted by atomic mass is 9.83. The number of aliphatic hydroxyl groups is 1. The van der Waals surface area contributed by atoms with Crippen LogP contribution in [0.5, 0.6) is 0 Å². The summed E-state index contributed by atoms with van der Waals surface area (Å²) in [4.78, 5) is 0. The molecule has 0 aliphatic rings. The van der Waals surface area contributed by atoms with Crippen molar-refractivity contribution in [3.8, 4) is 0 Å². The number of rotatable bonds is 10. The topological polar surface area (TPSA) is 98.7 Å². The number of aliphatic hydroxyl groups excluding tert-OH is 1. The highest BCUT2D eigenvalue weighted by atomic mass is 16.4. The van der Waals surface area contributed by atoms with Crippen LogP contribution in [0.25, 0.3) is 0 Å². The second-order valence-electron chi connectivity index (χ2n) is 4.35. The average molecular weight is 232 g/mol. The number of unbranched alkanes of at least 4 members (excludes halogenated alkanes) is 1. The van der Waals surface area contributed by atoms with Gasteiger partial charge in [0.1, 0.15) is 0 Å². The van der Waals surface area contributed by atoms with Crippen LogP contribution in [-0.4, -0.2) is 47.5 Å². The largest absolute Gasteiger partial charge is 0.451 e. The van der Waals surface area contributed by atoms with E-state index in [2.05, 4.69) is 5.32 Å². The molecule has 0 aromatic rings. The molecule has 0 aromatic heterocycles. The van der Waals surface area contributed by atoms with Crippen molar-refractivity contribution in [1.29, 1.82) is 0 Å². The van der Waals surface area contributed by atoms with Crippen molar-refractivity contribution in [2.75, 3.05) is 13.2 Å². The van der Waals surface area contributed by atoms with Crippen LogP contribution in [0.15, 0.2) is 0 Å². The zero-order valence-corrected chi connectivity index (χ0v) is 10.1. The van der Waals surface area contributed by atoms with Gasteiger partial charge in [-0.25, -0.2) is 0 Å². The minimum absolute atomic E-state index is 0.122. The van der Waals surface area contributed by atoms with Gasteiger partial charge < -0.3 is 26.2 Å². The van der Waals surface area contributed by atoms with E-state index in [1.54, 1.807) is 0 Å². The number of nitrogens with two attached hydrogens (primary N) is 1. The van der Waals surface area contributed by atoms with Crippen molar-refractivity contribution in [2.24, 2.45) is 5.73 Å². The van der Waals surface area contributed by atoms with Gasteiger partial charge in [-0.15, -0.1) is 0 Å². The summed E-state index contributed by atoms with van der Waals surface area (Å²) >= 11 is 0. The molecule has 1 unspecified atom stereocenters. The Labute approximate surface area is 98.2 Å². The molecule has 16 heavy (non-hydrogen) atoms. The van der Waals surface area contributed by atoms with Crippen molar-refractivity contribution in [3.63, 3.8) is 0 Å². The molecule has 0 heterocycles. The van der Waals surface area contributed by atoms with Crippen molar-refractivity contribution >= 4 is 7.12 Å². The molecule has 6 heteroatoms. The van der Waals surface area contributed by atoms with E-state index >= 15 is 0 Å². The van der Waals surface area contributed by atoms with E-state index in [1.807, 2.05) is 6.92 Å². The smallest absolute Gasteiger partial charge is 0.427 e. The van der Waals surface area contributed by atoms with Gasteiger partial charge in [-0.3, -0.25) is 0 Å². The van der Waals surface area contributed by atoms with Crippen molar-refractivity contribution in [1.82, 2.24) is 5.32 Å². The molecule has 6 N–H and O–H groups in total. The summed E-state index contributed by atoms with van der Waals surface area (Å²) in [7, 11) is -1.19. The highest BCUT2D eigenvalue weighted by Gasteiger charge is 2.07. The van der Waals surface area contributed by atoms with Crippen LogP contribution in [0.1, 0.15) is 32.6 Å². The molecule has 0 aliphatic carbocycles. The first kappa shape index (κ1) is 15.9. The Morgan fingerprint density at radius 2 is 1.94 bits per heavy atom. The first-order valence-corrected chi connectivity index (χ1v) is 6.02. The van der Waals surface area contributed by atoms with Gasteiger partial charge in [-0.1, -0.05) is 12.8 Å². The van der Waals surface area contributed by atoms with E-state index in [4.69, 9.17) is 20.9 Å². The summed E-state index contributed by atoms with van der Waals surface area (Å²) in [6.07, 6.45) is 3.93. The maximum Gasteiger partial charge on any atom is 0.451 e. The quantitative estimate of drug-likeness (QED) is 0.254. The van der Waals surface area contributed by atoms with E-state index in [-0.39, 0.29) is 18.7 Å². The van der Waals surface area contributed by atoms with E-state index in [0.29, 0.717) is 6.32 Å². The highest BCUT2D eigenvalue weighted by Crippen LogP contribution is 2.05. The second kappa shape index (κ2) is 10.0. The third kappa shape index (κ3) is 10.4. The number of nitrogens with one attached hydrogen (secondary N) is 1. The van der Waals surface area contributed by atoms with Gasteiger partial charge in [-0.2, -0.15) is 0 Å². The van der Waals surface area contributed by atoms with Crippen LogP contribution in [-0.2, 0) is 0 Å². The first-order valence-electron chi connectivity index (χ1n) is 6.02. The van der Waals surface area contributed by atoms with E-state index in [1.165, 1.54) is 0 Å². The summed E-state index contributed by atoms with van der Waals surface area (Å²) < 4.78 is 0. The third-order valence-corrected chi connectivity index (χ3v) is 2.57. The fraction of sp³-hybridized carbons (Fsp3) is 1.00. The Hall–Kier alpha value is -0.135. The minimum Gasteiger partial charge on any atom is -0.427 e. The van der Waals surface area contributed by atoms with E-state index in [0.717, 1.165) is 32.2 Å². The van der Waals surface area contributed by atoms with Gasteiger partial charge in [0.25, 0.3) is 0 Å². The van der Waals surface area contributed by atoms with Crippen LogP contribution < -0.4 is 11.1 Å². The molecular weight excluding hydrogens is 207 g/mol.